The van der Waals surface area contributed by atoms with Gasteiger partial charge in [0, 0.05) is 17.8 Å². The quantitative estimate of drug-likeness (QED) is 0.770. The smallest absolute Gasteiger partial charge is 0.321 e. The van der Waals surface area contributed by atoms with Crippen LogP contribution in [0.3, 0.4) is 0 Å². The van der Waals surface area contributed by atoms with Crippen LogP contribution in [0.4, 0.5) is 4.79 Å². The summed E-state index contributed by atoms with van der Waals surface area (Å²) in [5, 5.41) is 1.20. The molecule has 0 radical (unpaired) electrons. The zero-order valence-corrected chi connectivity index (χ0v) is 9.69. The molecule has 0 bridgehead atoms. The van der Waals surface area contributed by atoms with E-state index in [9.17, 15) is 4.79 Å². The van der Waals surface area contributed by atoms with E-state index in [1.165, 1.54) is 22.7 Å². The Bertz CT molecular complexity index is 503. The molecular weight excluding hydrogens is 230 g/mol. The van der Waals surface area contributed by atoms with Crippen molar-refractivity contribution >= 4 is 16.9 Å². The van der Waals surface area contributed by atoms with Gasteiger partial charge in [-0.25, -0.2) is 4.79 Å². The highest BCUT2D eigenvalue weighted by Crippen LogP contribution is 2.07. The summed E-state index contributed by atoms with van der Waals surface area (Å²) in [5.74, 6) is 0. The lowest BCUT2D eigenvalue weighted by Crippen LogP contribution is -2.29. The number of carbonyl (C=O) groups excluding carboxylic acids is 1. The highest BCUT2D eigenvalue weighted by Gasteiger charge is 2.08. The summed E-state index contributed by atoms with van der Waals surface area (Å²) in [6, 6.07) is 11.6. The summed E-state index contributed by atoms with van der Waals surface area (Å²) in [4.78, 5) is 15.7. The van der Waals surface area contributed by atoms with E-state index in [0.29, 0.717) is 0 Å². The largest absolute Gasteiger partial charge is 0.479 e. The molecular formula is C13H13N3O2. The van der Waals surface area contributed by atoms with Gasteiger partial charge in [0.2, 0.25) is 0 Å². The highest BCUT2D eigenvalue weighted by molar-refractivity contribution is 5.77. The number of primary amides is 1. The maximum atomic E-state index is 10.2. The number of urea groups is 1. The Morgan fingerprint density at radius 2 is 2.06 bits per heavy atom. The van der Waals surface area contributed by atoms with Crippen LogP contribution in [0.25, 0.3) is 10.9 Å². The van der Waals surface area contributed by atoms with Crippen LogP contribution in [0.5, 0.6) is 0 Å². The lowest BCUT2D eigenvalue weighted by atomic mass is 10.2. The van der Waals surface area contributed by atoms with Crippen molar-refractivity contribution in [3.05, 3.63) is 55.1 Å². The fourth-order valence-electron chi connectivity index (χ4n) is 1.44. The molecule has 0 saturated heterocycles. The Balaban J connectivity index is 0.000000138. The third-order valence-corrected chi connectivity index (χ3v) is 2.35. The third kappa shape index (κ3) is 2.98. The van der Waals surface area contributed by atoms with Crippen molar-refractivity contribution in [3.63, 3.8) is 0 Å². The van der Waals surface area contributed by atoms with Crippen LogP contribution in [-0.4, -0.2) is 22.6 Å². The van der Waals surface area contributed by atoms with Crippen LogP contribution < -0.4 is 5.73 Å². The number of fused-ring (bicyclic) bond motifs is 1. The monoisotopic (exact) mass is 243 g/mol. The number of amides is 2. The second-order valence-corrected chi connectivity index (χ2v) is 3.59. The summed E-state index contributed by atoms with van der Waals surface area (Å²) in [6.07, 6.45) is 4.72. The molecule has 18 heavy (non-hydrogen) atoms. The molecule has 2 amide bonds. The molecule has 2 N–H and O–H groups in total. The van der Waals surface area contributed by atoms with E-state index in [0.717, 1.165) is 5.52 Å². The molecule has 1 aromatic heterocycles. The molecule has 1 aliphatic heterocycles. The molecule has 2 heterocycles. The van der Waals surface area contributed by atoms with Crippen LogP contribution >= 0.6 is 0 Å². The van der Waals surface area contributed by atoms with Crippen molar-refractivity contribution in [2.45, 2.75) is 0 Å². The fraction of sp³-hybridized carbons (Fsp3) is 0.0769. The van der Waals surface area contributed by atoms with Crippen molar-refractivity contribution in [1.82, 2.24) is 9.88 Å². The van der Waals surface area contributed by atoms with Gasteiger partial charge < -0.3 is 10.5 Å². The zero-order valence-electron chi connectivity index (χ0n) is 9.69. The number of ether oxygens (including phenoxy) is 1. The van der Waals surface area contributed by atoms with Gasteiger partial charge in [-0.1, -0.05) is 24.3 Å². The van der Waals surface area contributed by atoms with E-state index < -0.39 is 6.03 Å². The van der Waals surface area contributed by atoms with E-state index in [1.54, 1.807) is 0 Å². The molecule has 1 aromatic carbocycles. The summed E-state index contributed by atoms with van der Waals surface area (Å²) in [6.45, 7) is 0.245. The number of nitrogens with two attached hydrogens (primary N) is 1. The average molecular weight is 243 g/mol. The first-order chi connectivity index (χ1) is 8.77. The van der Waals surface area contributed by atoms with Crippen LogP contribution in [-0.2, 0) is 4.74 Å². The van der Waals surface area contributed by atoms with Gasteiger partial charge in [0.15, 0.2) is 6.73 Å². The van der Waals surface area contributed by atoms with Gasteiger partial charge in [-0.15, -0.1) is 0 Å². The molecule has 0 fully saturated rings. The topological polar surface area (TPSA) is 68.5 Å². The molecule has 5 nitrogen and oxygen atoms in total. The summed E-state index contributed by atoms with van der Waals surface area (Å²) >= 11 is 0. The molecule has 0 spiro atoms. The minimum Gasteiger partial charge on any atom is -0.479 e. The summed E-state index contributed by atoms with van der Waals surface area (Å²) < 4.78 is 4.66. The summed E-state index contributed by atoms with van der Waals surface area (Å²) in [7, 11) is 0. The van der Waals surface area contributed by atoms with E-state index in [4.69, 9.17) is 5.73 Å². The van der Waals surface area contributed by atoms with E-state index in [-0.39, 0.29) is 6.73 Å². The van der Waals surface area contributed by atoms with Crippen molar-refractivity contribution < 1.29 is 9.53 Å². The number of nitrogens with zero attached hydrogens (tertiary/aromatic N) is 2. The molecule has 1 aliphatic rings. The van der Waals surface area contributed by atoms with Crippen molar-refractivity contribution in [3.8, 4) is 0 Å². The van der Waals surface area contributed by atoms with Crippen LogP contribution in [0.1, 0.15) is 0 Å². The van der Waals surface area contributed by atoms with Crippen molar-refractivity contribution in [1.29, 1.82) is 0 Å². The Morgan fingerprint density at radius 3 is 2.67 bits per heavy atom. The fourth-order valence-corrected chi connectivity index (χ4v) is 1.44. The Morgan fingerprint density at radius 1 is 1.28 bits per heavy atom. The van der Waals surface area contributed by atoms with Crippen LogP contribution in [0.2, 0.25) is 0 Å². The van der Waals surface area contributed by atoms with Gasteiger partial charge in [-0.05, 0) is 12.1 Å². The number of hydrogen-bond donors (Lipinski definition) is 1. The predicted molar refractivity (Wildman–Crippen MR) is 68.3 cm³/mol. The molecule has 5 heteroatoms. The van der Waals surface area contributed by atoms with Gasteiger partial charge in [-0.2, -0.15) is 0 Å². The number of aromatic nitrogens is 1. The minimum atomic E-state index is -0.487. The van der Waals surface area contributed by atoms with E-state index in [1.807, 2.05) is 30.5 Å². The normalized spacial score (nSPS) is 12.8. The number of rotatable bonds is 0. The van der Waals surface area contributed by atoms with Crippen LogP contribution in [0.15, 0.2) is 55.1 Å². The number of para-hydroxylation sites is 1. The van der Waals surface area contributed by atoms with Crippen molar-refractivity contribution in [2.75, 3.05) is 6.73 Å². The Kier molecular flexibility index (Phi) is 3.76. The van der Waals surface area contributed by atoms with Crippen molar-refractivity contribution in [2.24, 2.45) is 5.73 Å². The minimum absolute atomic E-state index is 0.245. The third-order valence-electron chi connectivity index (χ3n) is 2.35. The molecule has 0 atom stereocenters. The number of pyridine rings is 1. The Hall–Kier alpha value is -2.56. The number of benzene rings is 1. The first-order valence-corrected chi connectivity index (χ1v) is 5.41. The van der Waals surface area contributed by atoms with Gasteiger partial charge in [-0.3, -0.25) is 9.88 Å². The van der Waals surface area contributed by atoms with Gasteiger partial charge >= 0.3 is 6.03 Å². The molecule has 92 valence electrons. The first kappa shape index (κ1) is 11.9. The molecule has 0 saturated carbocycles. The second kappa shape index (κ2) is 5.67. The maximum Gasteiger partial charge on any atom is 0.321 e. The molecule has 0 unspecified atom stereocenters. The Labute approximate surface area is 104 Å². The molecule has 3 rings (SSSR count). The predicted octanol–water partition coefficient (Wildman–Crippen LogP) is 2.06. The van der Waals surface area contributed by atoms with Crippen LogP contribution in [0, 0.1) is 0 Å². The molecule has 0 aliphatic carbocycles. The number of carbonyl (C=O) groups is 1. The first-order valence-electron chi connectivity index (χ1n) is 5.41. The average Bonchev–Trinajstić information content (AvgIpc) is 2.94. The zero-order chi connectivity index (χ0) is 12.8. The number of hydrogen-bond acceptors (Lipinski definition) is 3. The van der Waals surface area contributed by atoms with E-state index in [2.05, 4.69) is 21.9 Å². The second-order valence-electron chi connectivity index (χ2n) is 3.59. The summed E-state index contributed by atoms with van der Waals surface area (Å²) in [5.41, 5.74) is 5.91. The van der Waals surface area contributed by atoms with Gasteiger partial charge in [0.05, 0.1) is 5.52 Å². The SMILES string of the molecule is NC(=O)N1C=COC1.c1ccc2ncccc2c1. The maximum absolute atomic E-state index is 10.2. The lowest BCUT2D eigenvalue weighted by molar-refractivity contribution is 0.172. The van der Waals surface area contributed by atoms with E-state index >= 15 is 0 Å². The lowest BCUT2D eigenvalue weighted by Gasteiger charge is -2.05. The standard InChI is InChI=1S/C9H7N.C4H6N2O2/c1-2-6-9-8(4-1)5-3-7-10-9;5-4(7)6-1-2-8-3-6/h1-7H;1-2H,3H2,(H2,5,7). The highest BCUT2D eigenvalue weighted by atomic mass is 16.5. The molecule has 2 aromatic rings. The van der Waals surface area contributed by atoms with Gasteiger partial charge in [0.1, 0.15) is 6.26 Å². The van der Waals surface area contributed by atoms with Gasteiger partial charge in [0.25, 0.3) is 0 Å².